The summed E-state index contributed by atoms with van der Waals surface area (Å²) in [6, 6.07) is 7.85. The summed E-state index contributed by atoms with van der Waals surface area (Å²) >= 11 is 0. The van der Waals surface area contributed by atoms with Gasteiger partial charge < -0.3 is 0 Å². The van der Waals surface area contributed by atoms with Crippen LogP contribution in [0.5, 0.6) is 0 Å². The maximum Gasteiger partial charge on any atom is 0.0498 e. The predicted octanol–water partition coefficient (Wildman–Crippen LogP) is 2.63. The zero-order valence-corrected chi connectivity index (χ0v) is 9.67. The quantitative estimate of drug-likeness (QED) is 0.752. The Balaban J connectivity index is 2.22. The molecule has 2 nitrogen and oxygen atoms in total. The molecule has 1 unspecified atom stereocenters. The lowest BCUT2D eigenvalue weighted by atomic mass is 10.0. The molecular formula is C12H13NOS. The summed E-state index contributed by atoms with van der Waals surface area (Å²) in [5.41, 5.74) is 3.55. The van der Waals surface area contributed by atoms with E-state index in [9.17, 15) is 4.21 Å². The smallest absolute Gasteiger partial charge is 0.0498 e. The van der Waals surface area contributed by atoms with Crippen molar-refractivity contribution in [2.45, 2.75) is 18.2 Å². The second kappa shape index (κ2) is 4.11. The molecular weight excluding hydrogens is 206 g/mol. The monoisotopic (exact) mass is 219 g/mol. The molecule has 0 amide bonds. The third-order valence-electron chi connectivity index (χ3n) is 2.44. The largest absolute Gasteiger partial charge is 0.265 e. The van der Waals surface area contributed by atoms with E-state index in [1.165, 1.54) is 11.1 Å². The van der Waals surface area contributed by atoms with Gasteiger partial charge in [-0.2, -0.15) is 0 Å². The van der Waals surface area contributed by atoms with Crippen LogP contribution in [0.3, 0.4) is 0 Å². The number of hydrogen-bond acceptors (Lipinski definition) is 2. The molecule has 0 saturated carbocycles. The first-order valence-corrected chi connectivity index (χ1v) is 6.39. The van der Waals surface area contributed by atoms with Crippen LogP contribution >= 0.6 is 0 Å². The summed E-state index contributed by atoms with van der Waals surface area (Å²) in [5.74, 6) is 0. The second-order valence-electron chi connectivity index (χ2n) is 3.67. The van der Waals surface area contributed by atoms with Crippen LogP contribution in [0.1, 0.15) is 18.9 Å². The summed E-state index contributed by atoms with van der Waals surface area (Å²) < 4.78 is 11.2. The molecule has 1 heterocycles. The lowest BCUT2D eigenvalue weighted by Crippen LogP contribution is -1.90. The van der Waals surface area contributed by atoms with Crippen LogP contribution in [0.2, 0.25) is 0 Å². The normalized spacial score (nSPS) is 17.2. The van der Waals surface area contributed by atoms with E-state index in [0.29, 0.717) is 0 Å². The Morgan fingerprint density at radius 3 is 2.40 bits per heavy atom. The Bertz CT molecular complexity index is 457. The maximum atomic E-state index is 11.2. The zero-order valence-electron chi connectivity index (χ0n) is 8.86. The lowest BCUT2D eigenvalue weighted by Gasteiger charge is -2.02. The van der Waals surface area contributed by atoms with E-state index in [1.54, 1.807) is 6.26 Å². The molecule has 0 bridgehead atoms. The van der Waals surface area contributed by atoms with Crippen molar-refractivity contribution in [1.82, 2.24) is 0 Å². The Morgan fingerprint density at radius 1 is 1.27 bits per heavy atom. The van der Waals surface area contributed by atoms with Gasteiger partial charge in [-0.15, -0.1) is 0 Å². The van der Waals surface area contributed by atoms with Crippen LogP contribution in [-0.4, -0.2) is 16.2 Å². The molecule has 1 aliphatic rings. The summed E-state index contributed by atoms with van der Waals surface area (Å²) in [5, 5.41) is 0. The van der Waals surface area contributed by atoms with E-state index in [0.717, 1.165) is 17.0 Å². The third-order valence-corrected chi connectivity index (χ3v) is 3.38. The Hall–Kier alpha value is -1.22. The van der Waals surface area contributed by atoms with Gasteiger partial charge in [0.15, 0.2) is 0 Å². The summed E-state index contributed by atoms with van der Waals surface area (Å²) in [7, 11) is -0.894. The molecule has 0 aliphatic carbocycles. The molecule has 1 aliphatic heterocycles. The number of benzene rings is 1. The first-order valence-electron chi connectivity index (χ1n) is 4.83. The molecule has 0 saturated heterocycles. The number of hydrogen-bond donors (Lipinski definition) is 0. The molecule has 1 aromatic carbocycles. The highest BCUT2D eigenvalue weighted by atomic mass is 32.2. The SMILES string of the molecule is CC1=NC=C(c2ccc(S(C)=O)cc2)C1. The molecule has 15 heavy (non-hydrogen) atoms. The molecule has 1 atom stereocenters. The minimum Gasteiger partial charge on any atom is -0.265 e. The minimum absolute atomic E-state index is 0.870. The summed E-state index contributed by atoms with van der Waals surface area (Å²) in [6.07, 6.45) is 4.53. The van der Waals surface area contributed by atoms with Crippen molar-refractivity contribution in [2.24, 2.45) is 4.99 Å². The molecule has 0 spiro atoms. The number of allylic oxidation sites excluding steroid dienone is 1. The molecule has 0 radical (unpaired) electrons. The van der Waals surface area contributed by atoms with Crippen LogP contribution in [0.4, 0.5) is 0 Å². The molecule has 0 aromatic heterocycles. The first kappa shape index (κ1) is 10.3. The van der Waals surface area contributed by atoms with Crippen molar-refractivity contribution in [2.75, 3.05) is 6.26 Å². The van der Waals surface area contributed by atoms with Crippen LogP contribution < -0.4 is 0 Å². The fourth-order valence-corrected chi connectivity index (χ4v) is 2.11. The fourth-order valence-electron chi connectivity index (χ4n) is 1.59. The van der Waals surface area contributed by atoms with E-state index >= 15 is 0 Å². The van der Waals surface area contributed by atoms with Gasteiger partial charge in [0.05, 0.1) is 0 Å². The average Bonchev–Trinajstić information content (AvgIpc) is 2.65. The second-order valence-corrected chi connectivity index (χ2v) is 5.05. The van der Waals surface area contributed by atoms with E-state index in [4.69, 9.17) is 0 Å². The minimum atomic E-state index is -0.894. The van der Waals surface area contributed by atoms with Gasteiger partial charge in [0.1, 0.15) is 0 Å². The standard InChI is InChI=1S/C12H13NOS/c1-9-7-11(8-13-9)10-3-5-12(6-4-10)15(2)14/h3-6,8H,7H2,1-2H3. The Morgan fingerprint density at radius 2 is 1.93 bits per heavy atom. The highest BCUT2D eigenvalue weighted by Gasteiger charge is 2.08. The van der Waals surface area contributed by atoms with Crippen molar-refractivity contribution >= 4 is 22.1 Å². The van der Waals surface area contributed by atoms with E-state index in [1.807, 2.05) is 37.4 Å². The van der Waals surface area contributed by atoms with Crippen molar-refractivity contribution in [3.05, 3.63) is 36.0 Å². The molecule has 78 valence electrons. The molecule has 3 heteroatoms. The van der Waals surface area contributed by atoms with E-state index < -0.39 is 10.8 Å². The number of aliphatic imine (C=N–C) groups is 1. The Kier molecular flexibility index (Phi) is 2.82. The van der Waals surface area contributed by atoms with E-state index in [-0.39, 0.29) is 0 Å². The fraction of sp³-hybridized carbons (Fsp3) is 0.250. The number of rotatable bonds is 2. The highest BCUT2D eigenvalue weighted by molar-refractivity contribution is 7.84. The first-order chi connectivity index (χ1) is 7.16. The van der Waals surface area contributed by atoms with Crippen molar-refractivity contribution < 1.29 is 4.21 Å². The van der Waals surface area contributed by atoms with Crippen molar-refractivity contribution in [3.8, 4) is 0 Å². The lowest BCUT2D eigenvalue weighted by molar-refractivity contribution is 0.687. The van der Waals surface area contributed by atoms with Gasteiger partial charge in [-0.3, -0.25) is 9.20 Å². The number of nitrogens with zero attached hydrogens (tertiary/aromatic N) is 1. The third kappa shape index (κ3) is 2.23. The Labute approximate surface area is 92.2 Å². The van der Waals surface area contributed by atoms with Gasteiger partial charge in [0.25, 0.3) is 0 Å². The van der Waals surface area contributed by atoms with Crippen molar-refractivity contribution in [1.29, 1.82) is 0 Å². The van der Waals surface area contributed by atoms with Gasteiger partial charge in [-0.05, 0) is 30.2 Å². The van der Waals surface area contributed by atoms with Gasteiger partial charge in [0.2, 0.25) is 0 Å². The van der Waals surface area contributed by atoms with Crippen LogP contribution in [-0.2, 0) is 10.8 Å². The highest BCUT2D eigenvalue weighted by Crippen LogP contribution is 2.24. The maximum absolute atomic E-state index is 11.2. The van der Waals surface area contributed by atoms with E-state index in [2.05, 4.69) is 4.99 Å². The summed E-state index contributed by atoms with van der Waals surface area (Å²) in [6.45, 7) is 2.03. The van der Waals surface area contributed by atoms with Gasteiger partial charge in [0, 0.05) is 40.3 Å². The summed E-state index contributed by atoms with van der Waals surface area (Å²) in [4.78, 5) is 5.12. The van der Waals surface area contributed by atoms with Gasteiger partial charge >= 0.3 is 0 Å². The van der Waals surface area contributed by atoms with Crippen LogP contribution in [0.25, 0.3) is 5.57 Å². The predicted molar refractivity (Wildman–Crippen MR) is 64.5 cm³/mol. The molecule has 2 rings (SSSR count). The van der Waals surface area contributed by atoms with Crippen LogP contribution in [0, 0.1) is 0 Å². The van der Waals surface area contributed by atoms with Crippen molar-refractivity contribution in [3.63, 3.8) is 0 Å². The average molecular weight is 219 g/mol. The molecule has 0 N–H and O–H groups in total. The molecule has 1 aromatic rings. The zero-order chi connectivity index (χ0) is 10.8. The van der Waals surface area contributed by atoms with Crippen LogP contribution in [0.15, 0.2) is 40.4 Å². The topological polar surface area (TPSA) is 29.4 Å². The van der Waals surface area contributed by atoms with Gasteiger partial charge in [-0.1, -0.05) is 12.1 Å². The van der Waals surface area contributed by atoms with Gasteiger partial charge in [-0.25, -0.2) is 0 Å². The molecule has 0 fully saturated rings.